The summed E-state index contributed by atoms with van der Waals surface area (Å²) < 4.78 is 1.75. The summed E-state index contributed by atoms with van der Waals surface area (Å²) in [6, 6.07) is 21.0. The van der Waals surface area contributed by atoms with Gasteiger partial charge in [-0.15, -0.1) is 0 Å². The molecule has 2 aromatic carbocycles. The molecule has 5 heteroatoms. The van der Waals surface area contributed by atoms with Crippen LogP contribution in [-0.4, -0.2) is 20.9 Å². The molecule has 0 saturated carbocycles. The number of hydrogen-bond donors (Lipinski definition) is 1. The van der Waals surface area contributed by atoms with Gasteiger partial charge in [0.15, 0.2) is 0 Å². The van der Waals surface area contributed by atoms with Gasteiger partial charge >= 0.3 is 5.97 Å². The van der Waals surface area contributed by atoms with Gasteiger partial charge in [-0.25, -0.2) is 4.79 Å². The number of carboxylic acids is 1. The maximum absolute atomic E-state index is 11.2. The van der Waals surface area contributed by atoms with Crippen LogP contribution in [0.5, 0.6) is 0 Å². The van der Waals surface area contributed by atoms with Gasteiger partial charge in [0.2, 0.25) is 0 Å². The van der Waals surface area contributed by atoms with E-state index in [2.05, 4.69) is 5.10 Å². The number of aromatic nitrogens is 2. The lowest BCUT2D eigenvalue weighted by atomic mass is 10.1. The van der Waals surface area contributed by atoms with Crippen LogP contribution in [0.15, 0.2) is 72.4 Å². The maximum Gasteiger partial charge on any atom is 0.346 e. The van der Waals surface area contributed by atoms with Crippen LogP contribution in [0.3, 0.4) is 0 Å². The van der Waals surface area contributed by atoms with Crippen molar-refractivity contribution in [3.05, 3.63) is 83.6 Å². The molecule has 3 rings (SSSR count). The van der Waals surface area contributed by atoms with Crippen LogP contribution in [0, 0.1) is 11.3 Å². The second-order valence-corrected chi connectivity index (χ2v) is 5.46. The Labute approximate surface area is 145 Å². The van der Waals surface area contributed by atoms with Crippen molar-refractivity contribution in [3.8, 4) is 17.3 Å². The Morgan fingerprint density at radius 1 is 1.12 bits per heavy atom. The van der Waals surface area contributed by atoms with Crippen LogP contribution < -0.4 is 0 Å². The molecule has 0 aliphatic carbocycles. The molecule has 0 aliphatic heterocycles. The van der Waals surface area contributed by atoms with Crippen molar-refractivity contribution >= 4 is 12.0 Å². The smallest absolute Gasteiger partial charge is 0.346 e. The van der Waals surface area contributed by atoms with Crippen molar-refractivity contribution < 1.29 is 9.90 Å². The van der Waals surface area contributed by atoms with E-state index in [1.807, 2.05) is 60.7 Å². The Hall–Kier alpha value is -3.65. The number of carbonyl (C=O) groups is 1. The third kappa shape index (κ3) is 3.82. The van der Waals surface area contributed by atoms with E-state index in [0.717, 1.165) is 11.1 Å². The molecule has 0 atom stereocenters. The second-order valence-electron chi connectivity index (χ2n) is 5.46. The van der Waals surface area contributed by atoms with Gasteiger partial charge in [-0.3, -0.25) is 4.68 Å². The van der Waals surface area contributed by atoms with Crippen molar-refractivity contribution in [2.24, 2.45) is 0 Å². The summed E-state index contributed by atoms with van der Waals surface area (Å²) in [5.41, 5.74) is 2.87. The molecule has 0 amide bonds. The van der Waals surface area contributed by atoms with Gasteiger partial charge in [0.05, 0.1) is 12.2 Å². The minimum atomic E-state index is -1.25. The van der Waals surface area contributed by atoms with Crippen LogP contribution in [-0.2, 0) is 11.3 Å². The van der Waals surface area contributed by atoms with Crippen LogP contribution in [0.1, 0.15) is 11.1 Å². The van der Waals surface area contributed by atoms with Crippen molar-refractivity contribution in [2.75, 3.05) is 0 Å². The molecular weight excluding hydrogens is 314 g/mol. The summed E-state index contributed by atoms with van der Waals surface area (Å²) in [5, 5.41) is 22.7. The monoisotopic (exact) mass is 329 g/mol. The van der Waals surface area contributed by atoms with E-state index in [-0.39, 0.29) is 5.57 Å². The first-order valence-electron chi connectivity index (χ1n) is 7.69. The average molecular weight is 329 g/mol. The largest absolute Gasteiger partial charge is 0.477 e. The van der Waals surface area contributed by atoms with E-state index in [4.69, 9.17) is 10.4 Å². The van der Waals surface area contributed by atoms with Crippen LogP contribution in [0.2, 0.25) is 0 Å². The number of benzene rings is 2. The van der Waals surface area contributed by atoms with Gasteiger partial charge in [-0.05, 0) is 11.6 Å². The topological polar surface area (TPSA) is 78.9 Å². The zero-order valence-corrected chi connectivity index (χ0v) is 13.3. The fourth-order valence-corrected chi connectivity index (χ4v) is 2.51. The standard InChI is InChI=1S/C20H15N3O2/c21-12-17(20(24)25)11-18-14-23(13-15-7-3-1-4-8-15)22-19(18)16-9-5-2-6-10-16/h1-11,14H,13H2,(H,24,25)/b17-11+. The van der Waals surface area contributed by atoms with Gasteiger partial charge in [-0.1, -0.05) is 60.7 Å². The molecule has 5 nitrogen and oxygen atoms in total. The molecule has 0 unspecified atom stereocenters. The quantitative estimate of drug-likeness (QED) is 0.573. The predicted octanol–water partition coefficient (Wildman–Crippen LogP) is 3.59. The molecule has 0 bridgehead atoms. The zero-order valence-electron chi connectivity index (χ0n) is 13.3. The predicted molar refractivity (Wildman–Crippen MR) is 94.4 cm³/mol. The summed E-state index contributed by atoms with van der Waals surface area (Å²) >= 11 is 0. The molecule has 25 heavy (non-hydrogen) atoms. The first-order chi connectivity index (χ1) is 12.2. The molecular formula is C20H15N3O2. The highest BCUT2D eigenvalue weighted by molar-refractivity contribution is 5.97. The lowest BCUT2D eigenvalue weighted by Gasteiger charge is -2.01. The van der Waals surface area contributed by atoms with Gasteiger partial charge in [0.25, 0.3) is 0 Å². The highest BCUT2D eigenvalue weighted by Crippen LogP contribution is 2.24. The molecule has 122 valence electrons. The molecule has 0 saturated heterocycles. The number of hydrogen-bond acceptors (Lipinski definition) is 3. The Balaban J connectivity index is 2.06. The fraction of sp³-hybridized carbons (Fsp3) is 0.0500. The third-order valence-corrected chi connectivity index (χ3v) is 3.68. The van der Waals surface area contributed by atoms with Crippen molar-refractivity contribution in [2.45, 2.75) is 6.54 Å². The second kappa shape index (κ2) is 7.28. The summed E-state index contributed by atoms with van der Waals surface area (Å²) in [6.45, 7) is 0.559. The zero-order chi connectivity index (χ0) is 17.6. The maximum atomic E-state index is 11.2. The molecule has 0 radical (unpaired) electrons. The van der Waals surface area contributed by atoms with E-state index in [1.165, 1.54) is 6.08 Å². The van der Waals surface area contributed by atoms with Crippen LogP contribution >= 0.6 is 0 Å². The molecule has 1 N–H and O–H groups in total. The minimum absolute atomic E-state index is 0.323. The van der Waals surface area contributed by atoms with Gasteiger partial charge in [0, 0.05) is 17.3 Å². The number of nitriles is 1. The number of nitrogens with zero attached hydrogens (tertiary/aromatic N) is 3. The highest BCUT2D eigenvalue weighted by atomic mass is 16.4. The van der Waals surface area contributed by atoms with E-state index < -0.39 is 5.97 Å². The molecule has 0 fully saturated rings. The Morgan fingerprint density at radius 2 is 1.76 bits per heavy atom. The SMILES string of the molecule is N#C/C(=C\c1cn(Cc2ccccc2)nc1-c1ccccc1)C(=O)O. The number of rotatable bonds is 5. The summed E-state index contributed by atoms with van der Waals surface area (Å²) in [5.74, 6) is -1.25. The highest BCUT2D eigenvalue weighted by Gasteiger charge is 2.13. The van der Waals surface area contributed by atoms with E-state index in [9.17, 15) is 4.79 Å². The van der Waals surface area contributed by atoms with Gasteiger partial charge < -0.3 is 5.11 Å². The average Bonchev–Trinajstić information content (AvgIpc) is 3.03. The van der Waals surface area contributed by atoms with Gasteiger partial charge in [0.1, 0.15) is 11.6 Å². The Kier molecular flexibility index (Phi) is 4.72. The van der Waals surface area contributed by atoms with Crippen molar-refractivity contribution in [1.82, 2.24) is 9.78 Å². The summed E-state index contributed by atoms with van der Waals surface area (Å²) in [7, 11) is 0. The van der Waals surface area contributed by atoms with Crippen LogP contribution in [0.4, 0.5) is 0 Å². The first kappa shape index (κ1) is 16.2. The lowest BCUT2D eigenvalue weighted by Crippen LogP contribution is -2.00. The summed E-state index contributed by atoms with van der Waals surface area (Å²) in [6.07, 6.45) is 3.12. The van der Waals surface area contributed by atoms with E-state index >= 15 is 0 Å². The Bertz CT molecular complexity index is 952. The molecule has 1 heterocycles. The van der Waals surface area contributed by atoms with E-state index in [1.54, 1.807) is 16.9 Å². The molecule has 3 aromatic rings. The molecule has 1 aromatic heterocycles. The van der Waals surface area contributed by atoms with Gasteiger partial charge in [-0.2, -0.15) is 10.4 Å². The third-order valence-electron chi connectivity index (χ3n) is 3.68. The molecule has 0 spiro atoms. The number of carboxylic acid groups (broad SMARTS) is 1. The van der Waals surface area contributed by atoms with Crippen molar-refractivity contribution in [3.63, 3.8) is 0 Å². The number of aliphatic carboxylic acids is 1. The normalized spacial score (nSPS) is 11.1. The molecule has 0 aliphatic rings. The van der Waals surface area contributed by atoms with E-state index in [0.29, 0.717) is 17.8 Å². The minimum Gasteiger partial charge on any atom is -0.477 e. The fourth-order valence-electron chi connectivity index (χ4n) is 2.51. The summed E-state index contributed by atoms with van der Waals surface area (Å²) in [4.78, 5) is 11.2. The first-order valence-corrected chi connectivity index (χ1v) is 7.69. The van der Waals surface area contributed by atoms with Crippen molar-refractivity contribution in [1.29, 1.82) is 5.26 Å². The lowest BCUT2D eigenvalue weighted by molar-refractivity contribution is -0.132. The Morgan fingerprint density at radius 3 is 2.36 bits per heavy atom. The van der Waals surface area contributed by atoms with Crippen LogP contribution in [0.25, 0.3) is 17.3 Å².